The average molecular weight is 537 g/mol. The van der Waals surface area contributed by atoms with E-state index in [-0.39, 0.29) is 30.0 Å². The zero-order valence-corrected chi connectivity index (χ0v) is 21.3. The van der Waals surface area contributed by atoms with Crippen LogP contribution in [0.3, 0.4) is 0 Å². The first kappa shape index (κ1) is 26.8. The lowest BCUT2D eigenvalue weighted by Crippen LogP contribution is -2.57. The van der Waals surface area contributed by atoms with Crippen molar-refractivity contribution in [3.05, 3.63) is 53.1 Å². The van der Waals surface area contributed by atoms with Gasteiger partial charge in [-0.25, -0.2) is 14.4 Å². The van der Waals surface area contributed by atoms with E-state index in [1.165, 1.54) is 0 Å². The fourth-order valence-electron chi connectivity index (χ4n) is 5.79. The van der Waals surface area contributed by atoms with Crippen LogP contribution in [0.1, 0.15) is 61.1 Å². The number of piperidine rings is 1. The van der Waals surface area contributed by atoms with Gasteiger partial charge in [0.05, 0.1) is 19.3 Å². The van der Waals surface area contributed by atoms with Crippen molar-refractivity contribution in [1.29, 1.82) is 0 Å². The lowest BCUT2D eigenvalue weighted by molar-refractivity contribution is -0.165. The van der Waals surface area contributed by atoms with E-state index in [1.54, 1.807) is 7.11 Å². The van der Waals surface area contributed by atoms with Gasteiger partial charge in [0.25, 0.3) is 5.91 Å². The van der Waals surface area contributed by atoms with Crippen molar-refractivity contribution in [1.82, 2.24) is 20.2 Å². The number of methoxy groups -OCH3 is 1. The van der Waals surface area contributed by atoms with Crippen LogP contribution in [0.5, 0.6) is 6.01 Å². The van der Waals surface area contributed by atoms with Crippen molar-refractivity contribution < 1.29 is 31.8 Å². The summed E-state index contributed by atoms with van der Waals surface area (Å²) in [7, 11) is 1.54. The van der Waals surface area contributed by atoms with E-state index in [2.05, 4.69) is 20.2 Å². The second-order valence-electron chi connectivity index (χ2n) is 10.5. The second kappa shape index (κ2) is 10.8. The third-order valence-electron chi connectivity index (χ3n) is 8.09. The van der Waals surface area contributed by atoms with E-state index in [1.807, 2.05) is 12.4 Å². The number of hydrogen-bond donors (Lipinski definition) is 1. The van der Waals surface area contributed by atoms with E-state index in [9.17, 15) is 22.4 Å². The molecule has 2 aromatic rings. The molecule has 1 aromatic carbocycles. The number of aromatic nitrogens is 2. The maximum atomic E-state index is 13.8. The standard InChI is InChI=1S/C27H32F4N4O3/c1-37-25-33-14-19(15-34-25)18-5-8-35(9-6-18)23-4-7-26(38-16-23,20-2-3-20)24(36)32-13-17-10-21(27(29,30)31)12-22(28)11-17/h10-12,14-15,18,20,23H,2-9,13,16H2,1H3,(H,32,36)/t23-,26+/m1/s1. The molecule has 3 fully saturated rings. The first-order chi connectivity index (χ1) is 18.2. The molecule has 1 aromatic heterocycles. The number of carbonyl (C=O) groups is 1. The van der Waals surface area contributed by atoms with Gasteiger partial charge in [-0.1, -0.05) is 0 Å². The number of nitrogens with zero attached hydrogens (tertiary/aromatic N) is 3. The Balaban J connectivity index is 1.16. The number of ether oxygens (including phenoxy) is 2. The molecular formula is C27H32F4N4O3. The highest BCUT2D eigenvalue weighted by molar-refractivity contribution is 5.86. The number of amides is 1. The Morgan fingerprint density at radius 2 is 1.84 bits per heavy atom. The topological polar surface area (TPSA) is 76.6 Å². The van der Waals surface area contributed by atoms with Gasteiger partial charge in [0.1, 0.15) is 11.4 Å². The summed E-state index contributed by atoms with van der Waals surface area (Å²) in [5.74, 6) is -0.823. The van der Waals surface area contributed by atoms with Crippen LogP contribution < -0.4 is 10.1 Å². The molecule has 3 aliphatic rings. The van der Waals surface area contributed by atoms with Crippen molar-refractivity contribution in [2.75, 3.05) is 26.8 Å². The highest BCUT2D eigenvalue weighted by atomic mass is 19.4. The van der Waals surface area contributed by atoms with Crippen LogP contribution >= 0.6 is 0 Å². The predicted octanol–water partition coefficient (Wildman–Crippen LogP) is 4.47. The summed E-state index contributed by atoms with van der Waals surface area (Å²) in [4.78, 5) is 24.1. The van der Waals surface area contributed by atoms with Crippen LogP contribution in [-0.4, -0.2) is 59.2 Å². The highest BCUT2D eigenvalue weighted by Gasteiger charge is 2.54. The van der Waals surface area contributed by atoms with E-state index in [0.717, 1.165) is 62.9 Å². The summed E-state index contributed by atoms with van der Waals surface area (Å²) in [6, 6.07) is 2.90. The molecule has 7 nitrogen and oxygen atoms in total. The summed E-state index contributed by atoms with van der Waals surface area (Å²) in [5.41, 5.74) is -0.875. The Labute approximate surface area is 218 Å². The second-order valence-corrected chi connectivity index (χ2v) is 10.5. The number of carbonyl (C=O) groups excluding carboxylic acids is 1. The fourth-order valence-corrected chi connectivity index (χ4v) is 5.79. The number of likely N-dealkylation sites (tertiary alicyclic amines) is 1. The number of nitrogens with one attached hydrogen (secondary N) is 1. The number of hydrogen-bond acceptors (Lipinski definition) is 6. The molecule has 2 saturated heterocycles. The number of halogens is 4. The van der Waals surface area contributed by atoms with Crippen molar-refractivity contribution in [2.24, 2.45) is 5.92 Å². The minimum Gasteiger partial charge on any atom is -0.467 e. The lowest BCUT2D eigenvalue weighted by Gasteiger charge is -2.44. The lowest BCUT2D eigenvalue weighted by atomic mass is 9.84. The minimum atomic E-state index is -4.66. The van der Waals surface area contributed by atoms with Crippen LogP contribution in [0, 0.1) is 11.7 Å². The van der Waals surface area contributed by atoms with Gasteiger partial charge < -0.3 is 14.8 Å². The van der Waals surface area contributed by atoms with Gasteiger partial charge in [0.2, 0.25) is 0 Å². The molecule has 0 spiro atoms. The number of rotatable bonds is 7. The van der Waals surface area contributed by atoms with Gasteiger partial charge in [0.15, 0.2) is 0 Å². The highest BCUT2D eigenvalue weighted by Crippen LogP contribution is 2.47. The first-order valence-electron chi connectivity index (χ1n) is 13.1. The number of alkyl halides is 3. The summed E-state index contributed by atoms with van der Waals surface area (Å²) in [6.45, 7) is 2.06. The Hall–Kier alpha value is -2.79. The molecule has 2 atom stereocenters. The van der Waals surface area contributed by atoms with Crippen molar-refractivity contribution in [3.8, 4) is 6.01 Å². The van der Waals surface area contributed by atoms with Crippen LogP contribution in [0.2, 0.25) is 0 Å². The number of benzene rings is 1. The molecule has 1 amide bonds. The molecule has 1 saturated carbocycles. The third kappa shape index (κ3) is 5.78. The van der Waals surface area contributed by atoms with E-state index in [4.69, 9.17) is 9.47 Å². The SMILES string of the molecule is COc1ncc(C2CCN([C@@H]3CC[C@@](C(=O)NCc4cc(F)cc(C(F)(F)F)c4)(C4CC4)OC3)CC2)cn1. The molecule has 1 N–H and O–H groups in total. The molecule has 0 radical (unpaired) electrons. The first-order valence-corrected chi connectivity index (χ1v) is 13.1. The van der Waals surface area contributed by atoms with Crippen LogP contribution in [0.25, 0.3) is 0 Å². The van der Waals surface area contributed by atoms with Gasteiger partial charge >= 0.3 is 12.2 Å². The third-order valence-corrected chi connectivity index (χ3v) is 8.09. The molecular weight excluding hydrogens is 504 g/mol. The quantitative estimate of drug-likeness (QED) is 0.527. The van der Waals surface area contributed by atoms with Crippen molar-refractivity contribution >= 4 is 5.91 Å². The van der Waals surface area contributed by atoms with E-state index >= 15 is 0 Å². The largest absolute Gasteiger partial charge is 0.467 e. The van der Waals surface area contributed by atoms with Crippen LogP contribution in [0.15, 0.2) is 30.6 Å². The van der Waals surface area contributed by atoms with E-state index < -0.39 is 23.2 Å². The summed E-state index contributed by atoms with van der Waals surface area (Å²) < 4.78 is 64.3. The van der Waals surface area contributed by atoms with Gasteiger partial charge in [-0.3, -0.25) is 9.69 Å². The zero-order valence-electron chi connectivity index (χ0n) is 21.3. The normalized spacial score (nSPS) is 25.2. The molecule has 0 unspecified atom stereocenters. The molecule has 2 aliphatic heterocycles. The molecule has 38 heavy (non-hydrogen) atoms. The molecule has 3 heterocycles. The predicted molar refractivity (Wildman–Crippen MR) is 130 cm³/mol. The maximum absolute atomic E-state index is 13.8. The van der Waals surface area contributed by atoms with Gasteiger partial charge in [-0.2, -0.15) is 13.2 Å². The van der Waals surface area contributed by atoms with Crippen molar-refractivity contribution in [2.45, 2.75) is 68.8 Å². The van der Waals surface area contributed by atoms with Crippen LogP contribution in [0.4, 0.5) is 17.6 Å². The molecule has 206 valence electrons. The molecule has 0 bridgehead atoms. The van der Waals surface area contributed by atoms with Crippen LogP contribution in [-0.2, 0) is 22.3 Å². The summed E-state index contributed by atoms with van der Waals surface area (Å²) in [5, 5.41) is 2.73. The Morgan fingerprint density at radius 3 is 2.42 bits per heavy atom. The summed E-state index contributed by atoms with van der Waals surface area (Å²) in [6.07, 6.45) is 4.07. The zero-order chi connectivity index (χ0) is 26.9. The Kier molecular flexibility index (Phi) is 7.59. The van der Waals surface area contributed by atoms with E-state index in [0.29, 0.717) is 31.0 Å². The van der Waals surface area contributed by atoms with Gasteiger partial charge in [-0.15, -0.1) is 0 Å². The smallest absolute Gasteiger partial charge is 0.416 e. The average Bonchev–Trinajstić information content (AvgIpc) is 3.77. The van der Waals surface area contributed by atoms with Gasteiger partial charge in [-0.05, 0) is 92.8 Å². The monoisotopic (exact) mass is 536 g/mol. The Bertz CT molecular complexity index is 1120. The van der Waals surface area contributed by atoms with Crippen molar-refractivity contribution in [3.63, 3.8) is 0 Å². The minimum absolute atomic E-state index is 0.0652. The fraction of sp³-hybridized carbons (Fsp3) is 0.593. The van der Waals surface area contributed by atoms with Gasteiger partial charge in [0, 0.05) is 25.0 Å². The molecule has 1 aliphatic carbocycles. The Morgan fingerprint density at radius 1 is 1.13 bits per heavy atom. The molecule has 11 heteroatoms. The molecule has 5 rings (SSSR count). The maximum Gasteiger partial charge on any atom is 0.416 e. The summed E-state index contributed by atoms with van der Waals surface area (Å²) >= 11 is 0.